The van der Waals surface area contributed by atoms with Crippen molar-refractivity contribution in [3.8, 4) is 0 Å². The number of nitrogens with one attached hydrogen (secondary N) is 1. The number of rotatable bonds is 6. The molecule has 1 aromatic heterocycles. The molecule has 0 fully saturated rings. The van der Waals surface area contributed by atoms with Crippen LogP contribution in [0.5, 0.6) is 0 Å². The number of hydrogen-bond acceptors (Lipinski definition) is 3. The van der Waals surface area contributed by atoms with Crippen LogP contribution in [0.25, 0.3) is 0 Å². The van der Waals surface area contributed by atoms with E-state index in [1.807, 2.05) is 11.0 Å². The molecular formula is C11H22N4. The Morgan fingerprint density at radius 3 is 2.73 bits per heavy atom. The highest BCUT2D eigenvalue weighted by Crippen LogP contribution is 2.10. The normalized spacial score (nSPS) is 13.4. The van der Waals surface area contributed by atoms with Crippen molar-refractivity contribution in [2.75, 3.05) is 0 Å². The Bertz CT molecular complexity index is 280. The number of aromatic nitrogens is 3. The summed E-state index contributed by atoms with van der Waals surface area (Å²) >= 11 is 0. The smallest absolute Gasteiger partial charge is 0.164 e. The Hall–Kier alpha value is -0.900. The van der Waals surface area contributed by atoms with Crippen molar-refractivity contribution < 1.29 is 0 Å². The zero-order valence-electron chi connectivity index (χ0n) is 10.2. The molecule has 1 unspecified atom stereocenters. The quantitative estimate of drug-likeness (QED) is 0.782. The summed E-state index contributed by atoms with van der Waals surface area (Å²) in [6, 6.07) is 0.931. The molecule has 0 aliphatic carbocycles. The minimum Gasteiger partial charge on any atom is -0.308 e. The Morgan fingerprint density at radius 1 is 1.40 bits per heavy atom. The van der Waals surface area contributed by atoms with Gasteiger partial charge in [0.2, 0.25) is 0 Å². The average molecular weight is 210 g/mol. The first-order valence-corrected chi connectivity index (χ1v) is 5.76. The summed E-state index contributed by atoms with van der Waals surface area (Å²) in [4.78, 5) is 4.28. The number of nitrogens with zero attached hydrogens (tertiary/aromatic N) is 3. The molecule has 4 heteroatoms. The Labute approximate surface area is 92.1 Å². The van der Waals surface area contributed by atoms with Crippen LogP contribution in [-0.2, 0) is 6.54 Å². The van der Waals surface area contributed by atoms with E-state index in [-0.39, 0.29) is 0 Å². The molecule has 1 N–H and O–H groups in total. The second kappa shape index (κ2) is 5.85. The van der Waals surface area contributed by atoms with E-state index in [0.717, 1.165) is 18.8 Å². The summed E-state index contributed by atoms with van der Waals surface area (Å²) in [5.74, 6) is 0.881. The molecule has 0 aliphatic rings. The topological polar surface area (TPSA) is 42.7 Å². The lowest BCUT2D eigenvalue weighted by Crippen LogP contribution is -2.22. The monoisotopic (exact) mass is 210 g/mol. The molecular weight excluding hydrogens is 188 g/mol. The van der Waals surface area contributed by atoms with Crippen LogP contribution in [0.15, 0.2) is 6.33 Å². The fraction of sp³-hybridized carbons (Fsp3) is 0.818. The van der Waals surface area contributed by atoms with Crippen molar-refractivity contribution in [3.63, 3.8) is 0 Å². The van der Waals surface area contributed by atoms with E-state index in [0.29, 0.717) is 12.1 Å². The van der Waals surface area contributed by atoms with Crippen molar-refractivity contribution in [1.29, 1.82) is 0 Å². The van der Waals surface area contributed by atoms with E-state index in [1.54, 1.807) is 0 Å². The first kappa shape index (κ1) is 12.2. The molecule has 1 aromatic rings. The average Bonchev–Trinajstić information content (AvgIpc) is 2.63. The van der Waals surface area contributed by atoms with Crippen LogP contribution in [0.2, 0.25) is 0 Å². The van der Waals surface area contributed by atoms with Gasteiger partial charge in [-0.2, -0.15) is 5.10 Å². The molecule has 86 valence electrons. The summed E-state index contributed by atoms with van der Waals surface area (Å²) in [5, 5.41) is 7.75. The van der Waals surface area contributed by atoms with Crippen molar-refractivity contribution in [2.45, 2.75) is 59.2 Å². The van der Waals surface area contributed by atoms with Crippen LogP contribution in [-0.4, -0.2) is 20.8 Å². The minimum absolute atomic E-state index is 0.454. The predicted octanol–water partition coefficient (Wildman–Crippen LogP) is 2.14. The molecule has 0 saturated heterocycles. The third-order valence-electron chi connectivity index (χ3n) is 2.38. The van der Waals surface area contributed by atoms with Crippen molar-refractivity contribution >= 4 is 0 Å². The fourth-order valence-corrected chi connectivity index (χ4v) is 1.45. The van der Waals surface area contributed by atoms with Crippen molar-refractivity contribution in [2.24, 2.45) is 0 Å². The van der Waals surface area contributed by atoms with Gasteiger partial charge in [-0.15, -0.1) is 0 Å². The van der Waals surface area contributed by atoms with Gasteiger partial charge < -0.3 is 5.32 Å². The van der Waals surface area contributed by atoms with E-state index >= 15 is 0 Å². The van der Waals surface area contributed by atoms with Gasteiger partial charge >= 0.3 is 0 Å². The molecule has 15 heavy (non-hydrogen) atoms. The molecule has 1 atom stereocenters. The highest BCUT2D eigenvalue weighted by Gasteiger charge is 2.06. The molecule has 0 radical (unpaired) electrons. The summed E-state index contributed by atoms with van der Waals surface area (Å²) in [7, 11) is 0. The summed E-state index contributed by atoms with van der Waals surface area (Å²) in [5.41, 5.74) is 0. The molecule has 0 amide bonds. The lowest BCUT2D eigenvalue weighted by atomic mass is 10.2. The first-order chi connectivity index (χ1) is 7.13. The first-order valence-electron chi connectivity index (χ1n) is 5.76. The molecule has 0 spiro atoms. The molecule has 1 heterocycles. The Morgan fingerprint density at radius 2 is 2.13 bits per heavy atom. The van der Waals surface area contributed by atoms with E-state index in [1.165, 1.54) is 6.42 Å². The largest absolute Gasteiger partial charge is 0.308 e. The van der Waals surface area contributed by atoms with E-state index in [2.05, 4.69) is 43.1 Å². The lowest BCUT2D eigenvalue weighted by molar-refractivity contribution is 0.448. The Kier molecular flexibility index (Phi) is 4.75. The molecule has 0 aromatic carbocycles. The van der Waals surface area contributed by atoms with Crippen LogP contribution in [0.3, 0.4) is 0 Å². The van der Waals surface area contributed by atoms with E-state index in [4.69, 9.17) is 0 Å². The molecule has 0 saturated carbocycles. The Balaban J connectivity index is 2.48. The van der Waals surface area contributed by atoms with Crippen LogP contribution in [0.4, 0.5) is 0 Å². The van der Waals surface area contributed by atoms with Crippen LogP contribution < -0.4 is 5.32 Å². The summed E-state index contributed by atoms with van der Waals surface area (Å²) in [6.07, 6.45) is 4.17. The second-order valence-corrected chi connectivity index (χ2v) is 4.31. The summed E-state index contributed by atoms with van der Waals surface area (Å²) < 4.78 is 1.96. The number of hydrogen-bond donors (Lipinski definition) is 1. The minimum atomic E-state index is 0.454. The van der Waals surface area contributed by atoms with Gasteiger partial charge in [0.15, 0.2) is 5.82 Å². The van der Waals surface area contributed by atoms with Gasteiger partial charge in [0.25, 0.3) is 0 Å². The van der Waals surface area contributed by atoms with Crippen LogP contribution in [0, 0.1) is 0 Å². The predicted molar refractivity (Wildman–Crippen MR) is 61.6 cm³/mol. The highest BCUT2D eigenvalue weighted by atomic mass is 15.3. The third kappa shape index (κ3) is 4.00. The van der Waals surface area contributed by atoms with Crippen LogP contribution >= 0.6 is 0 Å². The van der Waals surface area contributed by atoms with Gasteiger partial charge in [0.1, 0.15) is 6.33 Å². The van der Waals surface area contributed by atoms with Gasteiger partial charge in [-0.3, -0.25) is 0 Å². The zero-order valence-corrected chi connectivity index (χ0v) is 10.2. The standard InChI is InChI=1S/C11H22N4/c1-5-6-10(4)15-8-13-11(14-15)7-12-9(2)3/h8-10,12H,5-7H2,1-4H3. The second-order valence-electron chi connectivity index (χ2n) is 4.31. The molecule has 0 aliphatic heterocycles. The van der Waals surface area contributed by atoms with Crippen molar-refractivity contribution in [1.82, 2.24) is 20.1 Å². The lowest BCUT2D eigenvalue weighted by Gasteiger charge is -2.09. The maximum atomic E-state index is 4.44. The molecule has 1 rings (SSSR count). The maximum absolute atomic E-state index is 4.44. The maximum Gasteiger partial charge on any atom is 0.164 e. The summed E-state index contributed by atoms with van der Waals surface area (Å²) in [6.45, 7) is 9.36. The third-order valence-corrected chi connectivity index (χ3v) is 2.38. The fourth-order valence-electron chi connectivity index (χ4n) is 1.45. The zero-order chi connectivity index (χ0) is 11.3. The van der Waals surface area contributed by atoms with Crippen LogP contribution in [0.1, 0.15) is 52.4 Å². The van der Waals surface area contributed by atoms with Gasteiger partial charge in [0.05, 0.1) is 12.6 Å². The molecule has 0 bridgehead atoms. The van der Waals surface area contributed by atoms with Gasteiger partial charge in [-0.1, -0.05) is 27.2 Å². The van der Waals surface area contributed by atoms with Crippen molar-refractivity contribution in [3.05, 3.63) is 12.2 Å². The van der Waals surface area contributed by atoms with Gasteiger partial charge in [-0.05, 0) is 13.3 Å². The highest BCUT2D eigenvalue weighted by molar-refractivity contribution is 4.82. The molecule has 4 nitrogen and oxygen atoms in total. The van der Waals surface area contributed by atoms with E-state index in [9.17, 15) is 0 Å². The van der Waals surface area contributed by atoms with Gasteiger partial charge in [-0.25, -0.2) is 9.67 Å². The van der Waals surface area contributed by atoms with Gasteiger partial charge in [0, 0.05) is 6.04 Å². The SMILES string of the molecule is CCCC(C)n1cnc(CNC(C)C)n1. The van der Waals surface area contributed by atoms with E-state index < -0.39 is 0 Å².